The van der Waals surface area contributed by atoms with Gasteiger partial charge in [0.1, 0.15) is 6.61 Å². The van der Waals surface area contributed by atoms with Crippen LogP contribution in [0.2, 0.25) is 0 Å². The Labute approximate surface area is 177 Å². The molecule has 2 aromatic rings. The molecule has 0 saturated carbocycles. The smallest absolute Gasteiger partial charge is 0.387 e. The minimum atomic E-state index is -3.04. The average Bonchev–Trinajstić information content (AvgIpc) is 2.76. The van der Waals surface area contributed by atoms with Gasteiger partial charge in [0, 0.05) is 7.05 Å². The maximum Gasteiger partial charge on any atom is 0.387 e. The van der Waals surface area contributed by atoms with Crippen molar-refractivity contribution in [3.05, 3.63) is 48.0 Å². The van der Waals surface area contributed by atoms with E-state index < -0.39 is 25.1 Å². The Bertz CT molecular complexity index is 938. The molecular formula is C21H21F2NO7. The van der Waals surface area contributed by atoms with Crippen molar-refractivity contribution < 1.29 is 42.1 Å². The SMILES string of the molecule is COc1cc(C(=O)OCC(=O)N(C)C[C@H]2COc3ccccc3O2)ccc1OC(F)F. The summed E-state index contributed by atoms with van der Waals surface area (Å²) in [7, 11) is 2.80. The number of fused-ring (bicyclic) bond motifs is 1. The van der Waals surface area contributed by atoms with Crippen LogP contribution in [-0.2, 0) is 9.53 Å². The molecule has 0 N–H and O–H groups in total. The van der Waals surface area contributed by atoms with Gasteiger partial charge in [0.2, 0.25) is 0 Å². The van der Waals surface area contributed by atoms with E-state index >= 15 is 0 Å². The number of alkyl halides is 2. The number of hydrogen-bond donors (Lipinski definition) is 0. The molecule has 0 unspecified atom stereocenters. The van der Waals surface area contributed by atoms with E-state index in [-0.39, 0.29) is 36.3 Å². The van der Waals surface area contributed by atoms with Gasteiger partial charge in [-0.3, -0.25) is 4.79 Å². The van der Waals surface area contributed by atoms with E-state index in [9.17, 15) is 18.4 Å². The number of carbonyl (C=O) groups excluding carboxylic acids is 2. The number of para-hydroxylation sites is 2. The third-order valence-electron chi connectivity index (χ3n) is 4.41. The maximum atomic E-state index is 12.4. The Morgan fingerprint density at radius 1 is 1.16 bits per heavy atom. The quantitative estimate of drug-likeness (QED) is 0.588. The number of benzene rings is 2. The van der Waals surface area contributed by atoms with Gasteiger partial charge in [-0.2, -0.15) is 8.78 Å². The summed E-state index contributed by atoms with van der Waals surface area (Å²) in [4.78, 5) is 25.9. The molecule has 166 valence electrons. The molecule has 1 aliphatic heterocycles. The molecular weight excluding hydrogens is 416 g/mol. The number of rotatable bonds is 8. The summed E-state index contributed by atoms with van der Waals surface area (Å²) in [5.74, 6) is -0.300. The number of esters is 1. The lowest BCUT2D eigenvalue weighted by Crippen LogP contribution is -2.43. The molecule has 8 nitrogen and oxygen atoms in total. The Balaban J connectivity index is 1.51. The first-order valence-electron chi connectivity index (χ1n) is 9.29. The normalized spacial score (nSPS) is 14.7. The molecule has 0 aliphatic carbocycles. The highest BCUT2D eigenvalue weighted by Gasteiger charge is 2.24. The Kier molecular flexibility index (Phi) is 7.11. The molecule has 0 fully saturated rings. The van der Waals surface area contributed by atoms with Crippen molar-refractivity contribution in [2.24, 2.45) is 0 Å². The summed E-state index contributed by atoms with van der Waals surface area (Å²) in [6.07, 6.45) is -0.369. The van der Waals surface area contributed by atoms with Crippen LogP contribution < -0.4 is 18.9 Å². The van der Waals surface area contributed by atoms with Gasteiger partial charge in [-0.15, -0.1) is 0 Å². The van der Waals surface area contributed by atoms with Crippen molar-refractivity contribution in [1.82, 2.24) is 4.90 Å². The average molecular weight is 437 g/mol. The van der Waals surface area contributed by atoms with Gasteiger partial charge in [-0.05, 0) is 30.3 Å². The second-order valence-corrected chi connectivity index (χ2v) is 6.59. The van der Waals surface area contributed by atoms with Gasteiger partial charge in [0.25, 0.3) is 5.91 Å². The minimum Gasteiger partial charge on any atom is -0.493 e. The topological polar surface area (TPSA) is 83.5 Å². The highest BCUT2D eigenvalue weighted by Crippen LogP contribution is 2.31. The van der Waals surface area contributed by atoms with E-state index in [0.29, 0.717) is 11.5 Å². The van der Waals surface area contributed by atoms with E-state index in [1.165, 1.54) is 24.1 Å². The van der Waals surface area contributed by atoms with Gasteiger partial charge < -0.3 is 28.6 Å². The minimum absolute atomic E-state index is 0.0227. The summed E-state index contributed by atoms with van der Waals surface area (Å²) < 4.78 is 50.5. The molecule has 0 radical (unpaired) electrons. The molecule has 1 heterocycles. The van der Waals surface area contributed by atoms with Crippen LogP contribution in [0.1, 0.15) is 10.4 Å². The first-order valence-corrected chi connectivity index (χ1v) is 9.29. The van der Waals surface area contributed by atoms with Crippen molar-refractivity contribution >= 4 is 11.9 Å². The van der Waals surface area contributed by atoms with Gasteiger partial charge in [0.05, 0.1) is 19.2 Å². The molecule has 2 aromatic carbocycles. The first-order chi connectivity index (χ1) is 14.9. The van der Waals surface area contributed by atoms with Crippen LogP contribution in [0.5, 0.6) is 23.0 Å². The molecule has 1 aliphatic rings. The number of amides is 1. The lowest BCUT2D eigenvalue weighted by molar-refractivity contribution is -0.134. The maximum absolute atomic E-state index is 12.4. The van der Waals surface area contributed by atoms with Crippen molar-refractivity contribution in [3.63, 3.8) is 0 Å². The number of ether oxygens (including phenoxy) is 5. The molecule has 3 rings (SSSR count). The fraction of sp³-hybridized carbons (Fsp3) is 0.333. The zero-order valence-electron chi connectivity index (χ0n) is 16.9. The second-order valence-electron chi connectivity index (χ2n) is 6.59. The summed E-state index contributed by atoms with van der Waals surface area (Å²) in [5.41, 5.74) is 0.0227. The Morgan fingerprint density at radius 3 is 2.61 bits per heavy atom. The van der Waals surface area contributed by atoms with Crippen LogP contribution in [0.4, 0.5) is 8.78 Å². The van der Waals surface area contributed by atoms with Crippen molar-refractivity contribution in [2.75, 3.05) is 33.9 Å². The predicted molar refractivity (Wildman–Crippen MR) is 104 cm³/mol. The van der Waals surface area contributed by atoms with Gasteiger partial charge >= 0.3 is 12.6 Å². The lowest BCUT2D eigenvalue weighted by atomic mass is 10.2. The van der Waals surface area contributed by atoms with Crippen molar-refractivity contribution in [1.29, 1.82) is 0 Å². The van der Waals surface area contributed by atoms with E-state index in [0.717, 1.165) is 6.07 Å². The number of likely N-dealkylation sites (N-methyl/N-ethyl adjacent to an activating group) is 1. The van der Waals surface area contributed by atoms with Crippen LogP contribution >= 0.6 is 0 Å². The van der Waals surface area contributed by atoms with Crippen LogP contribution in [-0.4, -0.2) is 63.4 Å². The largest absolute Gasteiger partial charge is 0.493 e. The number of nitrogens with zero attached hydrogens (tertiary/aromatic N) is 1. The molecule has 1 amide bonds. The lowest BCUT2D eigenvalue weighted by Gasteiger charge is -2.29. The molecule has 0 saturated heterocycles. The molecule has 31 heavy (non-hydrogen) atoms. The van der Waals surface area contributed by atoms with Crippen LogP contribution in [0.3, 0.4) is 0 Å². The second kappa shape index (κ2) is 9.96. The Morgan fingerprint density at radius 2 is 1.90 bits per heavy atom. The van der Waals surface area contributed by atoms with Crippen LogP contribution in [0.25, 0.3) is 0 Å². The summed E-state index contributed by atoms with van der Waals surface area (Å²) in [5, 5.41) is 0. The third kappa shape index (κ3) is 5.74. The monoisotopic (exact) mass is 437 g/mol. The highest BCUT2D eigenvalue weighted by molar-refractivity contribution is 5.92. The zero-order chi connectivity index (χ0) is 22.4. The predicted octanol–water partition coefficient (Wildman–Crippen LogP) is 2.75. The van der Waals surface area contributed by atoms with Crippen molar-refractivity contribution in [2.45, 2.75) is 12.7 Å². The van der Waals surface area contributed by atoms with Crippen molar-refractivity contribution in [3.8, 4) is 23.0 Å². The standard InChI is InChI=1S/C21H21F2NO7/c1-24(10-14-11-28-15-5-3-4-6-16(15)30-14)19(25)12-29-20(26)13-7-8-17(31-21(22)23)18(9-13)27-2/h3-9,14,21H,10-12H2,1-2H3/t14-/m0/s1. The third-order valence-corrected chi connectivity index (χ3v) is 4.41. The van der Waals surface area contributed by atoms with E-state index in [4.69, 9.17) is 18.9 Å². The summed E-state index contributed by atoms with van der Waals surface area (Å²) >= 11 is 0. The van der Waals surface area contributed by atoms with Crippen LogP contribution in [0, 0.1) is 0 Å². The van der Waals surface area contributed by atoms with Gasteiger partial charge in [0.15, 0.2) is 35.7 Å². The van der Waals surface area contributed by atoms with E-state index in [1.807, 2.05) is 12.1 Å². The molecule has 10 heteroatoms. The van der Waals surface area contributed by atoms with E-state index in [1.54, 1.807) is 19.2 Å². The molecule has 0 spiro atoms. The number of carbonyl (C=O) groups is 2. The molecule has 0 bridgehead atoms. The summed E-state index contributed by atoms with van der Waals surface area (Å²) in [6, 6.07) is 10.8. The van der Waals surface area contributed by atoms with Gasteiger partial charge in [-0.1, -0.05) is 12.1 Å². The zero-order valence-corrected chi connectivity index (χ0v) is 16.9. The highest BCUT2D eigenvalue weighted by atomic mass is 19.3. The Hall–Kier alpha value is -3.56. The van der Waals surface area contributed by atoms with Gasteiger partial charge in [-0.25, -0.2) is 4.79 Å². The first kappa shape index (κ1) is 22.1. The molecule has 1 atom stereocenters. The van der Waals surface area contributed by atoms with Crippen LogP contribution in [0.15, 0.2) is 42.5 Å². The summed E-state index contributed by atoms with van der Waals surface area (Å²) in [6.45, 7) is -3.02. The fourth-order valence-electron chi connectivity index (χ4n) is 2.87. The molecule has 0 aromatic heterocycles. The number of hydrogen-bond acceptors (Lipinski definition) is 7. The van der Waals surface area contributed by atoms with E-state index in [2.05, 4.69) is 4.74 Å². The number of halogens is 2. The fourth-order valence-corrected chi connectivity index (χ4v) is 2.87. The number of methoxy groups -OCH3 is 1.